The summed E-state index contributed by atoms with van der Waals surface area (Å²) in [6.45, 7) is 4.53. The van der Waals surface area contributed by atoms with E-state index in [0.717, 1.165) is 24.2 Å². The Morgan fingerprint density at radius 3 is 2.91 bits per heavy atom. The van der Waals surface area contributed by atoms with Gasteiger partial charge in [0.2, 0.25) is 0 Å². The van der Waals surface area contributed by atoms with Crippen molar-refractivity contribution in [2.24, 2.45) is 29.1 Å². The molecule has 1 heteroatoms. The summed E-state index contributed by atoms with van der Waals surface area (Å²) in [6, 6.07) is 0. The molecule has 4 rings (SSSR count). The van der Waals surface area contributed by atoms with Crippen molar-refractivity contribution in [2.75, 3.05) is 0 Å². The molecule has 22 heavy (non-hydrogen) atoms. The number of hydrogen-bond acceptors (Lipinski definition) is 1. The van der Waals surface area contributed by atoms with E-state index in [2.05, 4.69) is 30.9 Å². The van der Waals surface area contributed by atoms with Gasteiger partial charge in [-0.25, -0.2) is 0 Å². The van der Waals surface area contributed by atoms with Crippen molar-refractivity contribution in [3.63, 3.8) is 0 Å². The predicted octanol–water partition coefficient (Wildman–Crippen LogP) is 4.48. The number of aliphatic hydroxyl groups excluding tert-OH is 1. The summed E-state index contributed by atoms with van der Waals surface area (Å²) in [5, 5.41) is 9.89. The molecule has 3 fully saturated rings. The largest absolute Gasteiger partial charge is 0.389 e. The zero-order valence-corrected chi connectivity index (χ0v) is 13.9. The van der Waals surface area contributed by atoms with Crippen molar-refractivity contribution in [3.05, 3.63) is 23.3 Å². The van der Waals surface area contributed by atoms with Crippen LogP contribution in [0.4, 0.5) is 0 Å². The van der Waals surface area contributed by atoms with Gasteiger partial charge in [0.1, 0.15) is 0 Å². The van der Waals surface area contributed by atoms with Crippen molar-refractivity contribution >= 4 is 0 Å². The molecular formula is C21H28O. The fraction of sp³-hybridized carbons (Fsp3) is 0.714. The van der Waals surface area contributed by atoms with E-state index in [9.17, 15) is 5.11 Å². The zero-order valence-electron chi connectivity index (χ0n) is 13.9. The molecule has 118 valence electrons. The third-order valence-electron chi connectivity index (χ3n) is 7.25. The molecule has 0 radical (unpaired) electrons. The van der Waals surface area contributed by atoms with Gasteiger partial charge in [-0.2, -0.15) is 0 Å². The Bertz CT molecular complexity index is 587. The molecule has 0 saturated heterocycles. The van der Waals surface area contributed by atoms with Crippen LogP contribution in [0.5, 0.6) is 0 Å². The van der Waals surface area contributed by atoms with Gasteiger partial charge in [0.25, 0.3) is 0 Å². The molecule has 0 heterocycles. The summed E-state index contributed by atoms with van der Waals surface area (Å²) in [5.41, 5.74) is 3.53. The van der Waals surface area contributed by atoms with Crippen LogP contribution in [0.1, 0.15) is 58.8 Å². The topological polar surface area (TPSA) is 20.2 Å². The van der Waals surface area contributed by atoms with E-state index in [1.54, 1.807) is 5.57 Å². The lowest BCUT2D eigenvalue weighted by atomic mass is 9.53. The van der Waals surface area contributed by atoms with Crippen LogP contribution in [0.15, 0.2) is 23.3 Å². The Morgan fingerprint density at radius 1 is 1.23 bits per heavy atom. The molecule has 4 aliphatic carbocycles. The maximum absolute atomic E-state index is 9.89. The Kier molecular flexibility index (Phi) is 3.50. The van der Waals surface area contributed by atoms with Crippen LogP contribution < -0.4 is 0 Å². The molecule has 3 saturated carbocycles. The summed E-state index contributed by atoms with van der Waals surface area (Å²) >= 11 is 0. The normalized spacial score (nSPS) is 46.4. The Labute approximate surface area is 134 Å². The molecular weight excluding hydrogens is 268 g/mol. The molecule has 0 aromatic heterocycles. The van der Waals surface area contributed by atoms with E-state index in [0.29, 0.717) is 11.3 Å². The molecule has 4 aliphatic rings. The van der Waals surface area contributed by atoms with Gasteiger partial charge < -0.3 is 5.11 Å². The lowest BCUT2D eigenvalue weighted by Gasteiger charge is -2.51. The van der Waals surface area contributed by atoms with Crippen LogP contribution in [0, 0.1) is 40.9 Å². The molecule has 1 N–H and O–H groups in total. The maximum Gasteiger partial charge on any atom is 0.0761 e. The van der Waals surface area contributed by atoms with Gasteiger partial charge in [0.05, 0.1) is 6.10 Å². The fourth-order valence-corrected chi connectivity index (χ4v) is 6.20. The highest BCUT2D eigenvalue weighted by Gasteiger charge is 2.54. The summed E-state index contributed by atoms with van der Waals surface area (Å²) < 4.78 is 0. The Hall–Kier alpha value is -1.00. The quantitative estimate of drug-likeness (QED) is 0.653. The van der Waals surface area contributed by atoms with Crippen LogP contribution in [0.25, 0.3) is 0 Å². The zero-order chi connectivity index (χ0) is 15.3. The molecule has 6 unspecified atom stereocenters. The minimum Gasteiger partial charge on any atom is -0.389 e. The number of fused-ring (bicyclic) bond motifs is 5. The molecule has 0 aromatic carbocycles. The molecule has 1 nitrogen and oxygen atoms in total. The minimum atomic E-state index is -0.236. The van der Waals surface area contributed by atoms with Crippen molar-refractivity contribution in [2.45, 2.75) is 64.9 Å². The lowest BCUT2D eigenvalue weighted by molar-refractivity contribution is 0.0279. The smallest absolute Gasteiger partial charge is 0.0761 e. The van der Waals surface area contributed by atoms with E-state index in [1.807, 2.05) is 6.92 Å². The van der Waals surface area contributed by atoms with Gasteiger partial charge in [-0.3, -0.25) is 0 Å². The molecule has 0 spiro atoms. The van der Waals surface area contributed by atoms with Crippen LogP contribution in [-0.4, -0.2) is 11.2 Å². The third-order valence-corrected chi connectivity index (χ3v) is 7.25. The molecule has 6 atom stereocenters. The summed E-state index contributed by atoms with van der Waals surface area (Å²) in [4.78, 5) is 0. The standard InChI is InChI=1S/C21H28O/c1-3-4-15-6-10-20-19-8-5-14-13-16(22)7-9-17(14)18(19)11-12-21(15,20)2/h9,13,15-16,18-20,22H,5-8,10-12H2,1-2H3. The summed E-state index contributed by atoms with van der Waals surface area (Å²) in [7, 11) is 0. The first-order valence-electron chi connectivity index (χ1n) is 9.15. The number of hydrogen-bond donors (Lipinski definition) is 1. The van der Waals surface area contributed by atoms with E-state index >= 15 is 0 Å². The minimum absolute atomic E-state index is 0.236. The maximum atomic E-state index is 9.89. The van der Waals surface area contributed by atoms with Crippen LogP contribution in [-0.2, 0) is 0 Å². The second-order valence-electron chi connectivity index (χ2n) is 8.14. The molecule has 0 aromatic rings. The summed E-state index contributed by atoms with van der Waals surface area (Å²) in [5.74, 6) is 9.84. The van der Waals surface area contributed by atoms with Crippen LogP contribution >= 0.6 is 0 Å². The van der Waals surface area contributed by atoms with E-state index in [4.69, 9.17) is 0 Å². The van der Waals surface area contributed by atoms with Crippen LogP contribution in [0.2, 0.25) is 0 Å². The Balaban J connectivity index is 1.63. The van der Waals surface area contributed by atoms with Crippen molar-refractivity contribution < 1.29 is 5.11 Å². The van der Waals surface area contributed by atoms with Gasteiger partial charge >= 0.3 is 0 Å². The molecule has 0 bridgehead atoms. The second kappa shape index (κ2) is 5.27. The van der Waals surface area contributed by atoms with Crippen molar-refractivity contribution in [1.82, 2.24) is 0 Å². The fourth-order valence-electron chi connectivity index (χ4n) is 6.20. The lowest BCUT2D eigenvalue weighted by Crippen LogP contribution is -2.43. The first kappa shape index (κ1) is 14.6. The van der Waals surface area contributed by atoms with E-state index in [1.165, 1.54) is 44.1 Å². The first-order valence-corrected chi connectivity index (χ1v) is 9.15. The number of allylic oxidation sites excluding steroid dienone is 2. The number of aliphatic hydroxyl groups is 1. The van der Waals surface area contributed by atoms with Crippen molar-refractivity contribution in [1.29, 1.82) is 0 Å². The van der Waals surface area contributed by atoms with Gasteiger partial charge in [-0.1, -0.05) is 25.0 Å². The van der Waals surface area contributed by atoms with Gasteiger partial charge in [-0.15, -0.1) is 5.92 Å². The monoisotopic (exact) mass is 296 g/mol. The van der Waals surface area contributed by atoms with Crippen LogP contribution in [0.3, 0.4) is 0 Å². The third kappa shape index (κ3) is 2.04. The molecule has 0 amide bonds. The van der Waals surface area contributed by atoms with Crippen molar-refractivity contribution in [3.8, 4) is 11.8 Å². The predicted molar refractivity (Wildman–Crippen MR) is 90.0 cm³/mol. The van der Waals surface area contributed by atoms with Gasteiger partial charge in [0, 0.05) is 5.92 Å². The SMILES string of the molecule is CC#CC1CCC2C3CCC4=CC(O)CC=C4C3CCC12C. The highest BCUT2D eigenvalue weighted by atomic mass is 16.3. The Morgan fingerprint density at radius 2 is 2.09 bits per heavy atom. The second-order valence-corrected chi connectivity index (χ2v) is 8.14. The average molecular weight is 296 g/mol. The summed E-state index contributed by atoms with van der Waals surface area (Å²) in [6.07, 6.45) is 13.0. The van der Waals surface area contributed by atoms with Gasteiger partial charge in [0.15, 0.2) is 0 Å². The first-order chi connectivity index (χ1) is 10.6. The highest BCUT2D eigenvalue weighted by molar-refractivity contribution is 5.40. The van der Waals surface area contributed by atoms with E-state index < -0.39 is 0 Å². The van der Waals surface area contributed by atoms with E-state index in [-0.39, 0.29) is 6.10 Å². The average Bonchev–Trinajstić information content (AvgIpc) is 2.84. The van der Waals surface area contributed by atoms with Gasteiger partial charge in [-0.05, 0) is 86.2 Å². The molecule has 0 aliphatic heterocycles. The number of rotatable bonds is 0. The highest BCUT2D eigenvalue weighted by Crippen LogP contribution is 2.62.